The summed E-state index contributed by atoms with van der Waals surface area (Å²) in [5, 5.41) is 3.68. The Hall–Kier alpha value is -3.53. The van der Waals surface area contributed by atoms with Crippen molar-refractivity contribution in [1.29, 1.82) is 0 Å². The van der Waals surface area contributed by atoms with E-state index in [1.807, 2.05) is 54.6 Å². The molecule has 3 aromatic carbocycles. The molecule has 0 spiro atoms. The molecule has 4 rings (SSSR count). The molecule has 0 saturated heterocycles. The quantitative estimate of drug-likeness (QED) is 0.549. The fourth-order valence-electron chi connectivity index (χ4n) is 2.85. The molecule has 0 aliphatic heterocycles. The van der Waals surface area contributed by atoms with Gasteiger partial charge in [-0.1, -0.05) is 36.4 Å². The molecular weight excluding hydrogens is 327 g/mol. The van der Waals surface area contributed by atoms with E-state index < -0.39 is 0 Å². The highest BCUT2D eigenvalue weighted by atomic mass is 19.1. The van der Waals surface area contributed by atoms with Gasteiger partial charge in [0.2, 0.25) is 0 Å². The summed E-state index contributed by atoms with van der Waals surface area (Å²) in [5.41, 5.74) is 3.35. The Morgan fingerprint density at radius 2 is 1.54 bits per heavy atom. The van der Waals surface area contributed by atoms with Crippen molar-refractivity contribution in [2.75, 3.05) is 5.32 Å². The Kier molecular flexibility index (Phi) is 4.15. The standard InChI is InChI=1S/C22H15FN2O/c23-16-12-10-15(11-13-16)21-14-19(18-8-4-5-9-20(18)25-21)22(26)24-17-6-2-1-3-7-17/h1-14H,(H,24,26). The van der Waals surface area contributed by atoms with Crippen molar-refractivity contribution >= 4 is 22.5 Å². The fraction of sp³-hybridized carbons (Fsp3) is 0. The van der Waals surface area contributed by atoms with Gasteiger partial charge in [-0.05, 0) is 48.5 Å². The highest BCUT2D eigenvalue weighted by molar-refractivity contribution is 6.13. The molecule has 0 atom stereocenters. The Labute approximate surface area is 150 Å². The first-order valence-electron chi connectivity index (χ1n) is 8.23. The predicted octanol–water partition coefficient (Wildman–Crippen LogP) is 5.29. The van der Waals surface area contributed by atoms with Crippen LogP contribution in [0.4, 0.5) is 10.1 Å². The summed E-state index contributed by atoms with van der Waals surface area (Å²) in [7, 11) is 0. The van der Waals surface area contributed by atoms with Crippen LogP contribution in [-0.2, 0) is 0 Å². The van der Waals surface area contributed by atoms with E-state index in [-0.39, 0.29) is 11.7 Å². The molecule has 26 heavy (non-hydrogen) atoms. The molecule has 1 amide bonds. The fourth-order valence-corrected chi connectivity index (χ4v) is 2.85. The van der Waals surface area contributed by atoms with Crippen LogP contribution in [0, 0.1) is 5.82 Å². The number of rotatable bonds is 3. The highest BCUT2D eigenvalue weighted by Crippen LogP contribution is 2.25. The number of halogens is 1. The number of amides is 1. The SMILES string of the molecule is O=C(Nc1ccccc1)c1cc(-c2ccc(F)cc2)nc2ccccc12. The number of para-hydroxylation sites is 2. The monoisotopic (exact) mass is 342 g/mol. The van der Waals surface area contributed by atoms with Gasteiger partial charge in [-0.25, -0.2) is 9.37 Å². The minimum absolute atomic E-state index is 0.210. The number of carbonyl (C=O) groups excluding carboxylic acids is 1. The van der Waals surface area contributed by atoms with E-state index in [2.05, 4.69) is 10.3 Å². The molecule has 0 aliphatic carbocycles. The highest BCUT2D eigenvalue weighted by Gasteiger charge is 2.14. The normalized spacial score (nSPS) is 10.7. The minimum Gasteiger partial charge on any atom is -0.322 e. The number of hydrogen-bond donors (Lipinski definition) is 1. The van der Waals surface area contributed by atoms with Crippen LogP contribution in [0.15, 0.2) is 84.9 Å². The van der Waals surface area contributed by atoms with Gasteiger partial charge in [-0.15, -0.1) is 0 Å². The number of hydrogen-bond acceptors (Lipinski definition) is 2. The van der Waals surface area contributed by atoms with Crippen molar-refractivity contribution in [3.63, 3.8) is 0 Å². The van der Waals surface area contributed by atoms with E-state index in [1.165, 1.54) is 12.1 Å². The van der Waals surface area contributed by atoms with Crippen LogP contribution in [0.5, 0.6) is 0 Å². The molecule has 3 nitrogen and oxygen atoms in total. The average molecular weight is 342 g/mol. The molecular formula is C22H15FN2O. The zero-order valence-electron chi connectivity index (χ0n) is 13.8. The largest absolute Gasteiger partial charge is 0.322 e. The molecule has 1 N–H and O–H groups in total. The lowest BCUT2D eigenvalue weighted by Crippen LogP contribution is -2.13. The first-order valence-corrected chi connectivity index (χ1v) is 8.23. The van der Waals surface area contributed by atoms with Crippen LogP contribution in [0.25, 0.3) is 22.2 Å². The maximum Gasteiger partial charge on any atom is 0.256 e. The lowest BCUT2D eigenvalue weighted by molar-refractivity contribution is 0.102. The summed E-state index contributed by atoms with van der Waals surface area (Å²) in [6.07, 6.45) is 0. The number of aromatic nitrogens is 1. The Morgan fingerprint density at radius 3 is 2.31 bits per heavy atom. The van der Waals surface area contributed by atoms with Gasteiger partial charge in [0.15, 0.2) is 0 Å². The number of pyridine rings is 1. The van der Waals surface area contributed by atoms with Gasteiger partial charge in [-0.3, -0.25) is 4.79 Å². The van der Waals surface area contributed by atoms with Gasteiger partial charge in [0.05, 0.1) is 16.8 Å². The zero-order chi connectivity index (χ0) is 17.9. The molecule has 126 valence electrons. The molecule has 0 radical (unpaired) electrons. The van der Waals surface area contributed by atoms with Crippen LogP contribution < -0.4 is 5.32 Å². The van der Waals surface area contributed by atoms with Crippen molar-refractivity contribution in [2.24, 2.45) is 0 Å². The molecule has 1 aromatic heterocycles. The van der Waals surface area contributed by atoms with E-state index in [9.17, 15) is 9.18 Å². The average Bonchev–Trinajstić information content (AvgIpc) is 2.68. The molecule has 4 aromatic rings. The van der Waals surface area contributed by atoms with Crippen LogP contribution >= 0.6 is 0 Å². The van der Waals surface area contributed by atoms with Crippen molar-refractivity contribution in [1.82, 2.24) is 4.98 Å². The second-order valence-corrected chi connectivity index (χ2v) is 5.90. The first-order chi connectivity index (χ1) is 12.7. The van der Waals surface area contributed by atoms with Crippen LogP contribution in [0.1, 0.15) is 10.4 Å². The second-order valence-electron chi connectivity index (χ2n) is 5.90. The predicted molar refractivity (Wildman–Crippen MR) is 102 cm³/mol. The summed E-state index contributed by atoms with van der Waals surface area (Å²) in [4.78, 5) is 17.5. The summed E-state index contributed by atoms with van der Waals surface area (Å²) in [6.45, 7) is 0. The van der Waals surface area contributed by atoms with Crippen LogP contribution in [0.2, 0.25) is 0 Å². The van der Waals surface area contributed by atoms with Gasteiger partial charge < -0.3 is 5.32 Å². The molecule has 0 unspecified atom stereocenters. The Bertz CT molecular complexity index is 1080. The van der Waals surface area contributed by atoms with E-state index in [0.717, 1.165) is 16.6 Å². The topological polar surface area (TPSA) is 42.0 Å². The lowest BCUT2D eigenvalue weighted by Gasteiger charge is -2.11. The maximum absolute atomic E-state index is 13.2. The molecule has 1 heterocycles. The summed E-state index contributed by atoms with van der Waals surface area (Å²) < 4.78 is 13.2. The Morgan fingerprint density at radius 1 is 0.846 bits per heavy atom. The van der Waals surface area contributed by atoms with Gasteiger partial charge >= 0.3 is 0 Å². The summed E-state index contributed by atoms with van der Waals surface area (Å²) >= 11 is 0. The first kappa shape index (κ1) is 16.0. The van der Waals surface area contributed by atoms with E-state index in [4.69, 9.17) is 0 Å². The third kappa shape index (κ3) is 3.17. The van der Waals surface area contributed by atoms with Crippen molar-refractivity contribution in [2.45, 2.75) is 0 Å². The molecule has 0 saturated carbocycles. The zero-order valence-corrected chi connectivity index (χ0v) is 13.8. The van der Waals surface area contributed by atoms with E-state index in [1.54, 1.807) is 18.2 Å². The number of nitrogens with one attached hydrogen (secondary N) is 1. The number of benzene rings is 3. The minimum atomic E-state index is -0.309. The molecule has 0 fully saturated rings. The Balaban J connectivity index is 1.82. The summed E-state index contributed by atoms with van der Waals surface area (Å²) in [6, 6.07) is 24.6. The summed E-state index contributed by atoms with van der Waals surface area (Å²) in [5.74, 6) is -0.519. The van der Waals surface area contributed by atoms with Crippen molar-refractivity contribution < 1.29 is 9.18 Å². The number of carbonyl (C=O) groups is 1. The number of fused-ring (bicyclic) bond motifs is 1. The molecule has 0 aliphatic rings. The molecule has 4 heteroatoms. The van der Waals surface area contributed by atoms with E-state index in [0.29, 0.717) is 16.8 Å². The second kappa shape index (κ2) is 6.76. The van der Waals surface area contributed by atoms with Gasteiger partial charge in [0.25, 0.3) is 5.91 Å². The van der Waals surface area contributed by atoms with Gasteiger partial charge in [0.1, 0.15) is 5.82 Å². The van der Waals surface area contributed by atoms with E-state index >= 15 is 0 Å². The van der Waals surface area contributed by atoms with Gasteiger partial charge in [0, 0.05) is 16.6 Å². The third-order valence-corrected chi connectivity index (χ3v) is 4.13. The van der Waals surface area contributed by atoms with Crippen LogP contribution in [0.3, 0.4) is 0 Å². The van der Waals surface area contributed by atoms with Crippen molar-refractivity contribution in [3.8, 4) is 11.3 Å². The number of nitrogens with zero attached hydrogens (tertiary/aromatic N) is 1. The number of anilines is 1. The van der Waals surface area contributed by atoms with Crippen molar-refractivity contribution in [3.05, 3.63) is 96.3 Å². The smallest absolute Gasteiger partial charge is 0.256 e. The maximum atomic E-state index is 13.2. The van der Waals surface area contributed by atoms with Crippen LogP contribution in [-0.4, -0.2) is 10.9 Å². The molecule has 0 bridgehead atoms. The lowest BCUT2D eigenvalue weighted by atomic mass is 10.0. The third-order valence-electron chi connectivity index (χ3n) is 4.13. The van der Waals surface area contributed by atoms with Gasteiger partial charge in [-0.2, -0.15) is 0 Å².